The number of ketones is 1. The van der Waals surface area contributed by atoms with Gasteiger partial charge < -0.3 is 14.2 Å². The molecule has 0 radical (unpaired) electrons. The predicted molar refractivity (Wildman–Crippen MR) is 88.1 cm³/mol. The molecule has 1 rings (SSSR count). The van der Waals surface area contributed by atoms with Gasteiger partial charge in [0.1, 0.15) is 12.2 Å². The number of rotatable bonds is 13. The smallest absolute Gasteiger partial charge is 0.313 e. The molecule has 0 aromatic carbocycles. The number of Topliss-reactive ketones (excluding diaryl/α,β-unsaturated/α-hetero) is 1. The van der Waals surface area contributed by atoms with Crippen molar-refractivity contribution >= 4 is 11.8 Å². The second-order valence-corrected chi connectivity index (χ2v) is 6.06. The second kappa shape index (κ2) is 13.5. The summed E-state index contributed by atoms with van der Waals surface area (Å²) >= 11 is 0. The zero-order chi connectivity index (χ0) is 16.8. The summed E-state index contributed by atoms with van der Waals surface area (Å²) < 4.78 is 16.0. The van der Waals surface area contributed by atoms with E-state index in [1.165, 1.54) is 12.8 Å². The van der Waals surface area contributed by atoms with Crippen molar-refractivity contribution in [2.75, 3.05) is 19.8 Å². The molecular weight excluding hydrogens is 296 g/mol. The van der Waals surface area contributed by atoms with Gasteiger partial charge >= 0.3 is 5.97 Å². The van der Waals surface area contributed by atoms with Gasteiger partial charge in [0, 0.05) is 19.6 Å². The van der Waals surface area contributed by atoms with Gasteiger partial charge in [-0.3, -0.25) is 9.59 Å². The van der Waals surface area contributed by atoms with Crippen LogP contribution < -0.4 is 0 Å². The van der Waals surface area contributed by atoms with Crippen LogP contribution in [0.2, 0.25) is 0 Å². The lowest BCUT2D eigenvalue weighted by molar-refractivity contribution is -0.162. The van der Waals surface area contributed by atoms with Crippen LogP contribution in [-0.2, 0) is 23.8 Å². The lowest BCUT2D eigenvalue weighted by atomic mass is 10.1. The van der Waals surface area contributed by atoms with Gasteiger partial charge in [0.2, 0.25) is 0 Å². The highest BCUT2D eigenvalue weighted by molar-refractivity contribution is 5.95. The molecule has 1 unspecified atom stereocenters. The van der Waals surface area contributed by atoms with Gasteiger partial charge in [-0.15, -0.1) is 0 Å². The Kier molecular flexibility index (Phi) is 11.8. The number of unbranched alkanes of at least 4 members (excludes halogenated alkanes) is 5. The summed E-state index contributed by atoms with van der Waals surface area (Å²) in [6, 6.07) is 0. The minimum atomic E-state index is -0.403. The maximum atomic E-state index is 11.5. The van der Waals surface area contributed by atoms with E-state index in [1.807, 2.05) is 0 Å². The number of ether oxygens (including phenoxy) is 3. The van der Waals surface area contributed by atoms with E-state index in [0.29, 0.717) is 13.0 Å². The van der Waals surface area contributed by atoms with Crippen molar-refractivity contribution in [1.82, 2.24) is 0 Å². The molecule has 0 N–H and O–H groups in total. The van der Waals surface area contributed by atoms with Gasteiger partial charge in [0.25, 0.3) is 0 Å². The van der Waals surface area contributed by atoms with Crippen LogP contribution in [-0.4, -0.2) is 37.9 Å². The molecular formula is C18H32O5. The van der Waals surface area contributed by atoms with Crippen molar-refractivity contribution in [3.63, 3.8) is 0 Å². The molecule has 1 aliphatic heterocycles. The molecule has 1 heterocycles. The van der Waals surface area contributed by atoms with E-state index in [9.17, 15) is 9.59 Å². The molecule has 5 heteroatoms. The monoisotopic (exact) mass is 328 g/mol. The van der Waals surface area contributed by atoms with Crippen molar-refractivity contribution in [3.8, 4) is 0 Å². The van der Waals surface area contributed by atoms with Gasteiger partial charge in [-0.05, 0) is 39.0 Å². The van der Waals surface area contributed by atoms with Gasteiger partial charge in [0.15, 0.2) is 6.29 Å². The van der Waals surface area contributed by atoms with Crippen molar-refractivity contribution < 1.29 is 23.8 Å². The Balaban J connectivity index is 1.82. The largest absolute Gasteiger partial charge is 0.466 e. The fourth-order valence-electron chi connectivity index (χ4n) is 2.65. The summed E-state index contributed by atoms with van der Waals surface area (Å²) in [5, 5.41) is 0. The van der Waals surface area contributed by atoms with E-state index >= 15 is 0 Å². The molecule has 1 atom stereocenters. The van der Waals surface area contributed by atoms with Gasteiger partial charge in [-0.25, -0.2) is 0 Å². The van der Waals surface area contributed by atoms with Crippen LogP contribution in [0.5, 0.6) is 0 Å². The molecule has 5 nitrogen and oxygen atoms in total. The van der Waals surface area contributed by atoms with Gasteiger partial charge in [0.05, 0.1) is 6.61 Å². The third kappa shape index (κ3) is 11.3. The second-order valence-electron chi connectivity index (χ2n) is 6.06. The van der Waals surface area contributed by atoms with Gasteiger partial charge in [-0.1, -0.05) is 25.7 Å². The maximum Gasteiger partial charge on any atom is 0.313 e. The summed E-state index contributed by atoms with van der Waals surface area (Å²) in [4.78, 5) is 22.7. The van der Waals surface area contributed by atoms with E-state index in [0.717, 1.165) is 58.2 Å². The number of carbonyl (C=O) groups is 2. The highest BCUT2D eigenvalue weighted by Gasteiger charge is 2.13. The summed E-state index contributed by atoms with van der Waals surface area (Å²) in [5.74, 6) is -0.413. The van der Waals surface area contributed by atoms with Crippen LogP contribution in [0, 0.1) is 0 Å². The first-order valence-corrected chi connectivity index (χ1v) is 9.13. The minimum absolute atomic E-state index is 0.00988. The average molecular weight is 328 g/mol. The van der Waals surface area contributed by atoms with E-state index in [2.05, 4.69) is 0 Å². The van der Waals surface area contributed by atoms with Crippen LogP contribution in [0.15, 0.2) is 0 Å². The molecule has 1 saturated heterocycles. The molecule has 134 valence electrons. The molecule has 0 saturated carbocycles. The lowest BCUT2D eigenvalue weighted by Gasteiger charge is -2.22. The Labute approximate surface area is 140 Å². The van der Waals surface area contributed by atoms with Crippen LogP contribution in [0.25, 0.3) is 0 Å². The Morgan fingerprint density at radius 2 is 1.78 bits per heavy atom. The third-order valence-corrected chi connectivity index (χ3v) is 3.94. The SMILES string of the molecule is CCOC(=O)CC(=O)CCCCCCCCOC1CCCCO1. The zero-order valence-electron chi connectivity index (χ0n) is 14.5. The Morgan fingerprint density at radius 1 is 1.04 bits per heavy atom. The quantitative estimate of drug-likeness (QED) is 0.292. The number of hydrogen-bond donors (Lipinski definition) is 0. The van der Waals surface area contributed by atoms with E-state index in [4.69, 9.17) is 14.2 Å². The van der Waals surface area contributed by atoms with Crippen LogP contribution in [0.3, 0.4) is 0 Å². The van der Waals surface area contributed by atoms with E-state index in [-0.39, 0.29) is 18.5 Å². The van der Waals surface area contributed by atoms with Gasteiger partial charge in [-0.2, -0.15) is 0 Å². The number of hydrogen-bond acceptors (Lipinski definition) is 5. The van der Waals surface area contributed by atoms with Crippen molar-refractivity contribution in [2.24, 2.45) is 0 Å². The molecule has 1 fully saturated rings. The molecule has 23 heavy (non-hydrogen) atoms. The topological polar surface area (TPSA) is 61.8 Å². The van der Waals surface area contributed by atoms with E-state index < -0.39 is 5.97 Å². The number of carbonyl (C=O) groups excluding carboxylic acids is 2. The Bertz CT molecular complexity index is 323. The maximum absolute atomic E-state index is 11.5. The van der Waals surface area contributed by atoms with Crippen LogP contribution in [0.4, 0.5) is 0 Å². The van der Waals surface area contributed by atoms with Crippen molar-refractivity contribution in [1.29, 1.82) is 0 Å². The Hall–Kier alpha value is -0.940. The highest BCUT2D eigenvalue weighted by atomic mass is 16.7. The van der Waals surface area contributed by atoms with E-state index in [1.54, 1.807) is 6.92 Å². The molecule has 0 aromatic rings. The first-order valence-electron chi connectivity index (χ1n) is 9.13. The minimum Gasteiger partial charge on any atom is -0.466 e. The summed E-state index contributed by atoms with van der Waals surface area (Å²) in [5.41, 5.74) is 0. The first-order chi connectivity index (χ1) is 11.2. The van der Waals surface area contributed by atoms with Crippen molar-refractivity contribution in [3.05, 3.63) is 0 Å². The third-order valence-electron chi connectivity index (χ3n) is 3.94. The lowest BCUT2D eigenvalue weighted by Crippen LogP contribution is -2.22. The van der Waals surface area contributed by atoms with Crippen molar-refractivity contribution in [2.45, 2.75) is 83.8 Å². The molecule has 0 aliphatic carbocycles. The molecule has 0 spiro atoms. The fourth-order valence-corrected chi connectivity index (χ4v) is 2.65. The standard InChI is InChI=1S/C18H32O5/c1-2-21-17(20)15-16(19)11-7-5-3-4-6-9-13-22-18-12-8-10-14-23-18/h18H,2-15H2,1H3. The summed E-state index contributed by atoms with van der Waals surface area (Å²) in [6.45, 7) is 3.69. The summed E-state index contributed by atoms with van der Waals surface area (Å²) in [6.07, 6.45) is 10.3. The van der Waals surface area contributed by atoms with Crippen LogP contribution in [0.1, 0.15) is 77.6 Å². The first kappa shape index (κ1) is 20.1. The molecule has 0 amide bonds. The molecule has 0 bridgehead atoms. The fraction of sp³-hybridized carbons (Fsp3) is 0.889. The Morgan fingerprint density at radius 3 is 2.48 bits per heavy atom. The normalized spacial score (nSPS) is 17.9. The zero-order valence-corrected chi connectivity index (χ0v) is 14.5. The average Bonchev–Trinajstić information content (AvgIpc) is 2.54. The molecule has 1 aliphatic rings. The molecule has 0 aromatic heterocycles. The predicted octanol–water partition coefficient (Wildman–Crippen LogP) is 3.78. The van der Waals surface area contributed by atoms with Crippen LogP contribution >= 0.6 is 0 Å². The summed E-state index contributed by atoms with van der Waals surface area (Å²) in [7, 11) is 0. The highest BCUT2D eigenvalue weighted by Crippen LogP contribution is 2.14. The number of esters is 1.